The van der Waals surface area contributed by atoms with Gasteiger partial charge in [-0.15, -0.1) is 24.8 Å². The van der Waals surface area contributed by atoms with Crippen LogP contribution in [-0.2, 0) is 0 Å². The number of fused-ring (bicyclic) bond motifs is 1. The molecule has 0 bridgehead atoms. The van der Waals surface area contributed by atoms with Crippen molar-refractivity contribution in [3.63, 3.8) is 0 Å². The normalized spacial score (nSPS) is 21.4. The van der Waals surface area contributed by atoms with E-state index in [0.29, 0.717) is 6.04 Å². The second-order valence-corrected chi connectivity index (χ2v) is 7.09. The molecule has 7 heteroatoms. The fraction of sp³-hybridized carbons (Fsp3) is 0.684. The maximum Gasteiger partial charge on any atom is 0.231 e. The minimum absolute atomic E-state index is 0. The molecule has 0 aromatic heterocycles. The number of rotatable bonds is 4. The highest BCUT2D eigenvalue weighted by atomic mass is 35.5. The number of hydrogen-bond acceptors (Lipinski definition) is 5. The molecule has 4 rings (SSSR count). The van der Waals surface area contributed by atoms with Gasteiger partial charge in [0.2, 0.25) is 12.5 Å². The molecule has 1 aromatic carbocycles. The molecule has 3 aliphatic rings. The minimum atomic E-state index is 0. The first kappa shape index (κ1) is 21.4. The van der Waals surface area contributed by atoms with Crippen molar-refractivity contribution in [2.24, 2.45) is 5.92 Å². The Morgan fingerprint density at radius 1 is 1.08 bits per heavy atom. The Labute approximate surface area is 168 Å². The fourth-order valence-corrected chi connectivity index (χ4v) is 4.51. The smallest absolute Gasteiger partial charge is 0.231 e. The highest BCUT2D eigenvalue weighted by Crippen LogP contribution is 2.46. The summed E-state index contributed by atoms with van der Waals surface area (Å²) in [5, 5.41) is 3.48. The van der Waals surface area contributed by atoms with Gasteiger partial charge in [-0.2, -0.15) is 0 Å². The third-order valence-corrected chi connectivity index (χ3v) is 5.66. The van der Waals surface area contributed by atoms with Crippen molar-refractivity contribution in [1.29, 1.82) is 0 Å². The highest BCUT2D eigenvalue weighted by Gasteiger charge is 2.33. The van der Waals surface area contributed by atoms with Crippen molar-refractivity contribution >= 4 is 24.8 Å². The average molecular weight is 405 g/mol. The van der Waals surface area contributed by atoms with E-state index >= 15 is 0 Å². The van der Waals surface area contributed by atoms with Crippen molar-refractivity contribution in [2.75, 3.05) is 40.1 Å². The van der Waals surface area contributed by atoms with E-state index in [-0.39, 0.29) is 31.6 Å². The molecule has 0 unspecified atom stereocenters. The number of nitrogens with zero attached hydrogens (tertiary/aromatic N) is 1. The Hall–Kier alpha value is -0.880. The zero-order valence-corrected chi connectivity index (χ0v) is 17.0. The molecule has 1 aliphatic carbocycles. The van der Waals surface area contributed by atoms with Gasteiger partial charge in [0.1, 0.15) is 0 Å². The van der Waals surface area contributed by atoms with Crippen LogP contribution in [0.3, 0.4) is 0 Å². The average Bonchev–Trinajstić information content (AvgIpc) is 3.12. The van der Waals surface area contributed by atoms with E-state index in [1.165, 1.54) is 37.7 Å². The standard InChI is InChI=1S/C19H28N2O3.2ClH/c1-22-16-11-15(12-17-19(16)24-13-23-17)18(14-5-3-2-4-6-14)21-9-7-20-8-10-21;;/h11-12,14,18,20H,2-10,13H2,1H3;2*1H/t18-;;/m1../s1. The molecule has 2 aliphatic heterocycles. The largest absolute Gasteiger partial charge is 0.493 e. The molecular formula is C19H30Cl2N2O3. The van der Waals surface area contributed by atoms with Gasteiger partial charge >= 0.3 is 0 Å². The predicted molar refractivity (Wildman–Crippen MR) is 107 cm³/mol. The summed E-state index contributed by atoms with van der Waals surface area (Å²) in [6.07, 6.45) is 6.75. The summed E-state index contributed by atoms with van der Waals surface area (Å²) in [7, 11) is 1.71. The van der Waals surface area contributed by atoms with E-state index in [1.54, 1.807) is 7.11 Å². The van der Waals surface area contributed by atoms with Crippen LogP contribution in [0.1, 0.15) is 43.7 Å². The SMILES string of the molecule is COc1cc([C@@H](C2CCCCC2)N2CCNCC2)cc2c1OCO2.Cl.Cl. The van der Waals surface area contributed by atoms with E-state index in [0.717, 1.165) is 49.3 Å². The van der Waals surface area contributed by atoms with Crippen LogP contribution in [0.2, 0.25) is 0 Å². The maximum atomic E-state index is 5.67. The topological polar surface area (TPSA) is 43.0 Å². The Morgan fingerprint density at radius 3 is 2.50 bits per heavy atom. The summed E-state index contributed by atoms with van der Waals surface area (Å²) in [5.41, 5.74) is 1.32. The van der Waals surface area contributed by atoms with Gasteiger partial charge in [-0.3, -0.25) is 4.90 Å². The highest BCUT2D eigenvalue weighted by molar-refractivity contribution is 5.85. The molecule has 2 fully saturated rings. The molecule has 26 heavy (non-hydrogen) atoms. The van der Waals surface area contributed by atoms with Crippen LogP contribution < -0.4 is 19.5 Å². The third-order valence-electron chi connectivity index (χ3n) is 5.66. The van der Waals surface area contributed by atoms with Crippen molar-refractivity contribution in [3.8, 4) is 17.2 Å². The molecule has 1 saturated carbocycles. The second-order valence-electron chi connectivity index (χ2n) is 7.09. The van der Waals surface area contributed by atoms with Crippen molar-refractivity contribution < 1.29 is 14.2 Å². The summed E-state index contributed by atoms with van der Waals surface area (Å²) in [6.45, 7) is 4.66. The molecule has 148 valence electrons. The summed E-state index contributed by atoms with van der Waals surface area (Å²) in [5.74, 6) is 3.11. The molecule has 1 atom stereocenters. The number of methoxy groups -OCH3 is 1. The molecule has 1 saturated heterocycles. The third kappa shape index (κ3) is 4.33. The van der Waals surface area contributed by atoms with E-state index in [4.69, 9.17) is 14.2 Å². The predicted octanol–water partition coefficient (Wildman–Crippen LogP) is 3.79. The van der Waals surface area contributed by atoms with Crippen molar-refractivity contribution in [1.82, 2.24) is 10.2 Å². The van der Waals surface area contributed by atoms with Gasteiger partial charge < -0.3 is 19.5 Å². The van der Waals surface area contributed by atoms with E-state index in [9.17, 15) is 0 Å². The first-order valence-electron chi connectivity index (χ1n) is 9.29. The van der Waals surface area contributed by atoms with Crippen LogP contribution in [0.15, 0.2) is 12.1 Å². The number of piperazine rings is 1. The Morgan fingerprint density at radius 2 is 1.81 bits per heavy atom. The van der Waals surface area contributed by atoms with Crippen LogP contribution in [0.5, 0.6) is 17.2 Å². The summed E-state index contributed by atoms with van der Waals surface area (Å²) >= 11 is 0. The lowest BCUT2D eigenvalue weighted by atomic mass is 9.80. The first-order chi connectivity index (χ1) is 11.9. The van der Waals surface area contributed by atoms with Gasteiger partial charge in [0.15, 0.2) is 11.5 Å². The van der Waals surface area contributed by atoms with Crippen LogP contribution in [0.25, 0.3) is 0 Å². The zero-order valence-electron chi connectivity index (χ0n) is 15.4. The molecule has 0 spiro atoms. The lowest BCUT2D eigenvalue weighted by molar-refractivity contribution is 0.103. The van der Waals surface area contributed by atoms with Gasteiger partial charge in [0.25, 0.3) is 0 Å². The fourth-order valence-electron chi connectivity index (χ4n) is 4.51. The van der Waals surface area contributed by atoms with Gasteiger partial charge in [0, 0.05) is 32.2 Å². The molecule has 1 N–H and O–H groups in total. The number of ether oxygens (including phenoxy) is 3. The molecule has 0 radical (unpaired) electrons. The lowest BCUT2D eigenvalue weighted by Crippen LogP contribution is -2.47. The summed E-state index contributed by atoms with van der Waals surface area (Å²) in [6, 6.07) is 4.82. The van der Waals surface area contributed by atoms with Gasteiger partial charge in [-0.25, -0.2) is 0 Å². The van der Waals surface area contributed by atoms with Crippen molar-refractivity contribution in [2.45, 2.75) is 38.1 Å². The first-order valence-corrected chi connectivity index (χ1v) is 9.29. The monoisotopic (exact) mass is 404 g/mol. The Balaban J connectivity index is 0.00000121. The zero-order chi connectivity index (χ0) is 16.4. The molecular weight excluding hydrogens is 375 g/mol. The second kappa shape index (κ2) is 9.88. The van der Waals surface area contributed by atoms with Crippen LogP contribution in [0.4, 0.5) is 0 Å². The summed E-state index contributed by atoms with van der Waals surface area (Å²) in [4.78, 5) is 2.66. The molecule has 1 aromatic rings. The molecule has 5 nitrogen and oxygen atoms in total. The van der Waals surface area contributed by atoms with E-state index < -0.39 is 0 Å². The lowest BCUT2D eigenvalue weighted by Gasteiger charge is -2.41. The van der Waals surface area contributed by atoms with Crippen LogP contribution >= 0.6 is 24.8 Å². The van der Waals surface area contributed by atoms with Gasteiger partial charge in [0.05, 0.1) is 7.11 Å². The number of nitrogens with one attached hydrogen (secondary N) is 1. The van der Waals surface area contributed by atoms with Crippen LogP contribution in [0, 0.1) is 5.92 Å². The van der Waals surface area contributed by atoms with Gasteiger partial charge in [-0.05, 0) is 36.5 Å². The molecule has 0 amide bonds. The van der Waals surface area contributed by atoms with E-state index in [2.05, 4.69) is 22.3 Å². The molecule has 2 heterocycles. The van der Waals surface area contributed by atoms with Gasteiger partial charge in [-0.1, -0.05) is 19.3 Å². The Kier molecular flexibility index (Phi) is 8.14. The number of benzene rings is 1. The summed E-state index contributed by atoms with van der Waals surface area (Å²) < 4.78 is 16.8. The van der Waals surface area contributed by atoms with Crippen LogP contribution in [-0.4, -0.2) is 45.0 Å². The minimum Gasteiger partial charge on any atom is -0.493 e. The maximum absolute atomic E-state index is 5.67. The Bertz CT molecular complexity index is 558. The van der Waals surface area contributed by atoms with E-state index in [1.807, 2.05) is 0 Å². The number of hydrogen-bond donors (Lipinski definition) is 1. The quantitative estimate of drug-likeness (QED) is 0.826. The number of halogens is 2. The van der Waals surface area contributed by atoms with Crippen molar-refractivity contribution in [3.05, 3.63) is 17.7 Å².